The van der Waals surface area contributed by atoms with Crippen molar-refractivity contribution >= 4 is 39.1 Å². The number of likely N-dealkylation sites (N-methyl/N-ethyl adjacent to an activating group) is 1. The van der Waals surface area contributed by atoms with Gasteiger partial charge in [0, 0.05) is 18.6 Å². The first-order chi connectivity index (χ1) is 18.1. The molecule has 0 saturated heterocycles. The van der Waals surface area contributed by atoms with Crippen molar-refractivity contribution < 1.29 is 18.0 Å². The van der Waals surface area contributed by atoms with Gasteiger partial charge in [-0.25, -0.2) is 8.42 Å². The van der Waals surface area contributed by atoms with Crippen LogP contribution in [0, 0.1) is 13.8 Å². The van der Waals surface area contributed by atoms with Gasteiger partial charge in [-0.05, 0) is 62.1 Å². The standard InChI is InChI=1S/C29H34ClN3O4S/c1-5-27(29(35)31-4)32(18-17-23-9-7-6-8-10-23)28(34)20-33(24-14-13-22(3)26(30)19-24)38(36,37)25-15-11-21(2)12-16-25/h6-16,19,27H,5,17-18,20H2,1-4H3,(H,31,35). The maximum absolute atomic E-state index is 13.9. The molecule has 0 spiro atoms. The molecule has 0 aliphatic heterocycles. The Kier molecular flexibility index (Phi) is 9.94. The number of benzene rings is 3. The number of carbonyl (C=O) groups excluding carboxylic acids is 2. The van der Waals surface area contributed by atoms with Gasteiger partial charge in [0.1, 0.15) is 12.6 Å². The molecule has 0 aliphatic carbocycles. The summed E-state index contributed by atoms with van der Waals surface area (Å²) in [6, 6.07) is 20.2. The minimum absolute atomic E-state index is 0.0572. The maximum Gasteiger partial charge on any atom is 0.264 e. The van der Waals surface area contributed by atoms with Crippen LogP contribution in [0.25, 0.3) is 0 Å². The van der Waals surface area contributed by atoms with Crippen LogP contribution < -0.4 is 9.62 Å². The Bertz CT molecular complexity index is 1360. The van der Waals surface area contributed by atoms with Gasteiger partial charge in [0.2, 0.25) is 11.8 Å². The van der Waals surface area contributed by atoms with Crippen molar-refractivity contribution in [2.45, 2.75) is 44.6 Å². The van der Waals surface area contributed by atoms with Crippen LogP contribution in [0.15, 0.2) is 77.7 Å². The summed E-state index contributed by atoms with van der Waals surface area (Å²) in [5, 5.41) is 3.01. The molecule has 0 aromatic heterocycles. The van der Waals surface area contributed by atoms with Crippen molar-refractivity contribution in [3.8, 4) is 0 Å². The van der Waals surface area contributed by atoms with Gasteiger partial charge in [0.05, 0.1) is 10.6 Å². The van der Waals surface area contributed by atoms with Crippen LogP contribution >= 0.6 is 11.6 Å². The Morgan fingerprint density at radius 2 is 1.63 bits per heavy atom. The van der Waals surface area contributed by atoms with Gasteiger partial charge in [0.25, 0.3) is 10.0 Å². The highest BCUT2D eigenvalue weighted by atomic mass is 35.5. The number of nitrogens with zero attached hydrogens (tertiary/aromatic N) is 2. The lowest BCUT2D eigenvalue weighted by Gasteiger charge is -2.33. The maximum atomic E-state index is 13.9. The summed E-state index contributed by atoms with van der Waals surface area (Å²) in [4.78, 5) is 28.1. The molecule has 3 aromatic carbocycles. The quantitative estimate of drug-likeness (QED) is 0.370. The molecular weight excluding hydrogens is 522 g/mol. The number of sulfonamides is 1. The van der Waals surface area contributed by atoms with Crippen molar-refractivity contribution in [1.82, 2.24) is 10.2 Å². The van der Waals surface area contributed by atoms with Crippen LogP contribution in [-0.4, -0.2) is 51.3 Å². The minimum atomic E-state index is -4.13. The van der Waals surface area contributed by atoms with Crippen molar-refractivity contribution in [3.05, 3.63) is 94.5 Å². The van der Waals surface area contributed by atoms with E-state index in [0.29, 0.717) is 17.9 Å². The van der Waals surface area contributed by atoms with E-state index in [9.17, 15) is 18.0 Å². The van der Waals surface area contributed by atoms with E-state index in [1.54, 1.807) is 30.3 Å². The predicted octanol–water partition coefficient (Wildman–Crippen LogP) is 4.75. The molecule has 7 nitrogen and oxygen atoms in total. The third-order valence-electron chi connectivity index (χ3n) is 6.45. The molecule has 2 amide bonds. The predicted molar refractivity (Wildman–Crippen MR) is 152 cm³/mol. The molecule has 0 aliphatic rings. The number of halogens is 1. The molecule has 1 N–H and O–H groups in total. The van der Waals surface area contributed by atoms with Crippen molar-refractivity contribution in [2.75, 3.05) is 24.4 Å². The first-order valence-electron chi connectivity index (χ1n) is 12.5. The molecule has 0 radical (unpaired) electrons. The SMILES string of the molecule is CCC(C(=O)NC)N(CCc1ccccc1)C(=O)CN(c1ccc(C)c(Cl)c1)S(=O)(=O)c1ccc(C)cc1. The van der Waals surface area contributed by atoms with Crippen molar-refractivity contribution in [2.24, 2.45) is 0 Å². The fourth-order valence-corrected chi connectivity index (χ4v) is 5.75. The van der Waals surface area contributed by atoms with Crippen LogP contribution in [-0.2, 0) is 26.0 Å². The van der Waals surface area contributed by atoms with E-state index in [1.807, 2.05) is 51.1 Å². The van der Waals surface area contributed by atoms with Gasteiger partial charge >= 0.3 is 0 Å². The summed E-state index contributed by atoms with van der Waals surface area (Å²) in [5.74, 6) is -0.788. The number of aryl methyl sites for hydroxylation is 2. The highest BCUT2D eigenvalue weighted by Crippen LogP contribution is 2.28. The normalized spacial score (nSPS) is 12.0. The number of carbonyl (C=O) groups is 2. The zero-order valence-corrected chi connectivity index (χ0v) is 23.7. The second-order valence-electron chi connectivity index (χ2n) is 9.12. The molecule has 9 heteroatoms. The van der Waals surface area contributed by atoms with Gasteiger partial charge in [-0.3, -0.25) is 13.9 Å². The van der Waals surface area contributed by atoms with Crippen LogP contribution in [0.4, 0.5) is 5.69 Å². The summed E-state index contributed by atoms with van der Waals surface area (Å²) in [7, 11) is -2.61. The summed E-state index contributed by atoms with van der Waals surface area (Å²) >= 11 is 6.35. The lowest BCUT2D eigenvalue weighted by Crippen LogP contribution is -2.52. The third-order valence-corrected chi connectivity index (χ3v) is 8.64. The summed E-state index contributed by atoms with van der Waals surface area (Å²) in [5.41, 5.74) is 2.97. The van der Waals surface area contributed by atoms with E-state index in [4.69, 9.17) is 11.6 Å². The van der Waals surface area contributed by atoms with Gasteiger partial charge in [-0.1, -0.05) is 72.6 Å². The lowest BCUT2D eigenvalue weighted by molar-refractivity contribution is -0.139. The number of nitrogens with one attached hydrogen (secondary N) is 1. The molecular formula is C29H34ClN3O4S. The number of hydrogen-bond acceptors (Lipinski definition) is 4. The average Bonchev–Trinajstić information content (AvgIpc) is 2.91. The molecule has 1 unspecified atom stereocenters. The molecule has 0 bridgehead atoms. The molecule has 3 aromatic rings. The highest BCUT2D eigenvalue weighted by molar-refractivity contribution is 7.92. The van der Waals surface area contributed by atoms with E-state index in [0.717, 1.165) is 21.0 Å². The van der Waals surface area contributed by atoms with Crippen LogP contribution in [0.3, 0.4) is 0 Å². The number of rotatable bonds is 11. The third kappa shape index (κ3) is 6.94. The average molecular weight is 556 g/mol. The molecule has 202 valence electrons. The van der Waals surface area contributed by atoms with E-state index in [2.05, 4.69) is 5.32 Å². The first-order valence-corrected chi connectivity index (χ1v) is 14.3. The highest BCUT2D eigenvalue weighted by Gasteiger charge is 2.33. The second-order valence-corrected chi connectivity index (χ2v) is 11.4. The number of anilines is 1. The largest absolute Gasteiger partial charge is 0.357 e. The molecule has 0 heterocycles. The molecule has 0 fully saturated rings. The number of amides is 2. The lowest BCUT2D eigenvalue weighted by atomic mass is 10.1. The van der Waals surface area contributed by atoms with Crippen molar-refractivity contribution in [1.29, 1.82) is 0 Å². The first kappa shape index (κ1) is 29.2. The van der Waals surface area contributed by atoms with E-state index in [1.165, 1.54) is 24.1 Å². The zero-order chi connectivity index (χ0) is 27.9. The zero-order valence-electron chi connectivity index (χ0n) is 22.1. The van der Waals surface area contributed by atoms with E-state index in [-0.39, 0.29) is 23.0 Å². The van der Waals surface area contributed by atoms with Gasteiger partial charge in [-0.15, -0.1) is 0 Å². The Hall–Kier alpha value is -3.36. The van der Waals surface area contributed by atoms with Crippen molar-refractivity contribution in [3.63, 3.8) is 0 Å². The topological polar surface area (TPSA) is 86.8 Å². The second kappa shape index (κ2) is 12.9. The Labute approximate surface area is 230 Å². The fourth-order valence-electron chi connectivity index (χ4n) is 4.17. The van der Waals surface area contributed by atoms with Crippen LogP contribution in [0.1, 0.15) is 30.0 Å². The summed E-state index contributed by atoms with van der Waals surface area (Å²) < 4.78 is 28.7. The Balaban J connectivity index is 2.03. The summed E-state index contributed by atoms with van der Waals surface area (Å²) in [6.45, 7) is 5.27. The van der Waals surface area contributed by atoms with E-state index < -0.39 is 28.5 Å². The smallest absolute Gasteiger partial charge is 0.264 e. The Morgan fingerprint density at radius 3 is 2.21 bits per heavy atom. The van der Waals surface area contributed by atoms with Gasteiger partial charge in [-0.2, -0.15) is 0 Å². The molecule has 3 rings (SSSR count). The minimum Gasteiger partial charge on any atom is -0.357 e. The fraction of sp³-hybridized carbons (Fsp3) is 0.310. The Morgan fingerprint density at radius 1 is 0.974 bits per heavy atom. The van der Waals surface area contributed by atoms with Crippen LogP contribution in [0.2, 0.25) is 5.02 Å². The van der Waals surface area contributed by atoms with Crippen LogP contribution in [0.5, 0.6) is 0 Å². The number of hydrogen-bond donors (Lipinski definition) is 1. The molecule has 0 saturated carbocycles. The van der Waals surface area contributed by atoms with E-state index >= 15 is 0 Å². The molecule has 1 atom stereocenters. The molecule has 38 heavy (non-hydrogen) atoms. The van der Waals surface area contributed by atoms with Gasteiger partial charge < -0.3 is 10.2 Å². The summed E-state index contributed by atoms with van der Waals surface area (Å²) in [6.07, 6.45) is 0.891. The van der Waals surface area contributed by atoms with Gasteiger partial charge in [0.15, 0.2) is 0 Å². The monoisotopic (exact) mass is 555 g/mol.